The zero-order chi connectivity index (χ0) is 16.3. The van der Waals surface area contributed by atoms with Crippen LogP contribution >= 0.6 is 0 Å². The van der Waals surface area contributed by atoms with Crippen LogP contribution in [-0.2, 0) is 14.3 Å². The van der Waals surface area contributed by atoms with Crippen molar-refractivity contribution in [1.29, 1.82) is 0 Å². The fraction of sp³-hybridized carbons (Fsp3) is 0.857. The Morgan fingerprint density at radius 2 is 1.76 bits per heavy atom. The van der Waals surface area contributed by atoms with Gasteiger partial charge in [0.15, 0.2) is 12.4 Å². The van der Waals surface area contributed by atoms with E-state index in [0.717, 1.165) is 25.7 Å². The molecule has 4 atom stereocenters. The minimum atomic E-state index is -1.76. The van der Waals surface area contributed by atoms with E-state index < -0.39 is 37.0 Å². The standard InChI is InChI=1S/C14H26O7/c1-2-3-4-5-6-7-12(19)21-14(11(18)9-16)13(20)10(17)8-15/h9-11,13-15,17-18,20H,2-8H2,1H3/t10-,11+,13-,14-/m1/s1. The lowest BCUT2D eigenvalue weighted by molar-refractivity contribution is -0.174. The van der Waals surface area contributed by atoms with Crippen molar-refractivity contribution in [3.8, 4) is 0 Å². The van der Waals surface area contributed by atoms with E-state index in [1.54, 1.807) is 0 Å². The molecule has 0 aliphatic rings. The van der Waals surface area contributed by atoms with Crippen molar-refractivity contribution < 1.29 is 34.8 Å². The molecule has 0 saturated carbocycles. The van der Waals surface area contributed by atoms with Gasteiger partial charge in [-0.25, -0.2) is 0 Å². The van der Waals surface area contributed by atoms with E-state index >= 15 is 0 Å². The predicted octanol–water partition coefficient (Wildman–Crippen LogP) is -0.467. The Morgan fingerprint density at radius 3 is 2.29 bits per heavy atom. The fourth-order valence-electron chi connectivity index (χ4n) is 1.83. The maximum Gasteiger partial charge on any atom is 0.306 e. The van der Waals surface area contributed by atoms with Crippen molar-refractivity contribution in [2.45, 2.75) is 69.9 Å². The van der Waals surface area contributed by atoms with Gasteiger partial charge in [-0.3, -0.25) is 4.79 Å². The van der Waals surface area contributed by atoms with Gasteiger partial charge >= 0.3 is 5.97 Å². The van der Waals surface area contributed by atoms with E-state index in [-0.39, 0.29) is 12.7 Å². The van der Waals surface area contributed by atoms with Crippen LogP contribution in [0, 0.1) is 0 Å². The molecule has 7 nitrogen and oxygen atoms in total. The van der Waals surface area contributed by atoms with Gasteiger partial charge in [0.25, 0.3) is 0 Å². The number of aliphatic hydroxyl groups excluding tert-OH is 4. The van der Waals surface area contributed by atoms with Crippen LogP contribution in [-0.4, -0.2) is 63.7 Å². The molecule has 21 heavy (non-hydrogen) atoms. The zero-order valence-electron chi connectivity index (χ0n) is 12.4. The number of hydrogen-bond donors (Lipinski definition) is 4. The Kier molecular flexibility index (Phi) is 11.1. The minimum absolute atomic E-state index is 0.104. The Hall–Kier alpha value is -1.02. The van der Waals surface area contributed by atoms with E-state index in [1.165, 1.54) is 0 Å². The third kappa shape index (κ3) is 8.11. The molecule has 7 heteroatoms. The van der Waals surface area contributed by atoms with Gasteiger partial charge in [0.1, 0.15) is 18.3 Å². The minimum Gasteiger partial charge on any atom is -0.456 e. The van der Waals surface area contributed by atoms with Crippen LogP contribution in [0.4, 0.5) is 0 Å². The molecule has 0 rings (SSSR count). The van der Waals surface area contributed by atoms with Crippen LogP contribution in [0.2, 0.25) is 0 Å². The first-order chi connectivity index (χ1) is 9.97. The lowest BCUT2D eigenvalue weighted by Crippen LogP contribution is -2.48. The van der Waals surface area contributed by atoms with Crippen LogP contribution in [0.25, 0.3) is 0 Å². The molecular weight excluding hydrogens is 280 g/mol. The molecule has 0 fully saturated rings. The molecule has 0 aliphatic heterocycles. The van der Waals surface area contributed by atoms with Gasteiger partial charge in [-0.15, -0.1) is 0 Å². The lowest BCUT2D eigenvalue weighted by Gasteiger charge is -2.27. The summed E-state index contributed by atoms with van der Waals surface area (Å²) in [6.45, 7) is 1.30. The molecule has 0 heterocycles. The first kappa shape index (κ1) is 20.0. The summed E-state index contributed by atoms with van der Waals surface area (Å²) >= 11 is 0. The van der Waals surface area contributed by atoms with Crippen molar-refractivity contribution >= 4 is 12.3 Å². The first-order valence-corrected chi connectivity index (χ1v) is 7.27. The third-order valence-electron chi connectivity index (χ3n) is 3.15. The van der Waals surface area contributed by atoms with Gasteiger partial charge < -0.3 is 30.0 Å². The Bertz CT molecular complexity index is 295. The van der Waals surface area contributed by atoms with E-state index in [9.17, 15) is 24.9 Å². The largest absolute Gasteiger partial charge is 0.456 e. The number of unbranched alkanes of at least 4 members (excludes halogenated alkanes) is 4. The molecule has 0 aromatic rings. The smallest absolute Gasteiger partial charge is 0.306 e. The normalized spacial score (nSPS) is 16.8. The molecule has 124 valence electrons. The molecule has 0 aliphatic carbocycles. The SMILES string of the molecule is CCCCCCCC(=O)O[C@@H]([C@H](O)[C@H](O)CO)[C@@H](O)C=O. The molecule has 0 spiro atoms. The van der Waals surface area contributed by atoms with E-state index in [4.69, 9.17) is 9.84 Å². The Labute approximate surface area is 124 Å². The van der Waals surface area contributed by atoms with Gasteiger partial charge in [-0.1, -0.05) is 32.6 Å². The second-order valence-electron chi connectivity index (χ2n) is 4.99. The molecule has 0 aromatic heterocycles. The number of esters is 1. The number of carbonyl (C=O) groups is 2. The Balaban J connectivity index is 4.33. The second-order valence-corrected chi connectivity index (χ2v) is 4.99. The summed E-state index contributed by atoms with van der Waals surface area (Å²) in [7, 11) is 0. The maximum absolute atomic E-state index is 11.6. The Morgan fingerprint density at radius 1 is 1.14 bits per heavy atom. The lowest BCUT2D eigenvalue weighted by atomic mass is 10.0. The van der Waals surface area contributed by atoms with E-state index in [0.29, 0.717) is 6.42 Å². The van der Waals surface area contributed by atoms with Crippen LogP contribution in [0.5, 0.6) is 0 Å². The van der Waals surface area contributed by atoms with Crippen molar-refractivity contribution in [3.63, 3.8) is 0 Å². The highest BCUT2D eigenvalue weighted by Gasteiger charge is 2.34. The molecular formula is C14H26O7. The van der Waals surface area contributed by atoms with Gasteiger partial charge in [-0.2, -0.15) is 0 Å². The van der Waals surface area contributed by atoms with Gasteiger partial charge in [0, 0.05) is 6.42 Å². The summed E-state index contributed by atoms with van der Waals surface area (Å²) in [5.41, 5.74) is 0. The molecule has 0 bridgehead atoms. The van der Waals surface area contributed by atoms with Gasteiger partial charge in [-0.05, 0) is 6.42 Å². The fourth-order valence-corrected chi connectivity index (χ4v) is 1.83. The highest BCUT2D eigenvalue weighted by atomic mass is 16.6. The first-order valence-electron chi connectivity index (χ1n) is 7.27. The van der Waals surface area contributed by atoms with E-state index in [2.05, 4.69) is 6.92 Å². The summed E-state index contributed by atoms with van der Waals surface area (Å²) in [6.07, 6.45) is -1.82. The topological polar surface area (TPSA) is 124 Å². The number of aldehydes is 1. The van der Waals surface area contributed by atoms with Crippen molar-refractivity contribution in [1.82, 2.24) is 0 Å². The van der Waals surface area contributed by atoms with Gasteiger partial charge in [0.2, 0.25) is 0 Å². The van der Waals surface area contributed by atoms with Crippen molar-refractivity contribution in [2.24, 2.45) is 0 Å². The highest BCUT2D eigenvalue weighted by molar-refractivity contribution is 5.70. The van der Waals surface area contributed by atoms with E-state index in [1.807, 2.05) is 0 Å². The average Bonchev–Trinajstić information content (AvgIpc) is 2.50. The van der Waals surface area contributed by atoms with Crippen LogP contribution in [0.1, 0.15) is 45.4 Å². The molecule has 4 N–H and O–H groups in total. The summed E-state index contributed by atoms with van der Waals surface area (Å²) < 4.78 is 4.85. The molecule has 0 amide bonds. The van der Waals surface area contributed by atoms with Crippen LogP contribution in [0.3, 0.4) is 0 Å². The third-order valence-corrected chi connectivity index (χ3v) is 3.15. The van der Waals surface area contributed by atoms with Crippen LogP contribution < -0.4 is 0 Å². The summed E-state index contributed by atoms with van der Waals surface area (Å²) in [6, 6.07) is 0. The average molecular weight is 306 g/mol. The quantitative estimate of drug-likeness (QED) is 0.218. The second kappa shape index (κ2) is 11.6. The number of carbonyl (C=O) groups excluding carboxylic acids is 2. The zero-order valence-corrected chi connectivity index (χ0v) is 12.4. The van der Waals surface area contributed by atoms with Crippen molar-refractivity contribution in [2.75, 3.05) is 6.61 Å². The summed E-state index contributed by atoms with van der Waals surface area (Å²) in [4.78, 5) is 22.2. The summed E-state index contributed by atoms with van der Waals surface area (Å²) in [5.74, 6) is -0.665. The molecule has 0 saturated heterocycles. The number of hydrogen-bond acceptors (Lipinski definition) is 7. The number of ether oxygens (including phenoxy) is 1. The van der Waals surface area contributed by atoms with Gasteiger partial charge in [0.05, 0.1) is 6.61 Å². The predicted molar refractivity (Wildman–Crippen MR) is 74.4 cm³/mol. The monoisotopic (exact) mass is 306 g/mol. The van der Waals surface area contributed by atoms with Crippen LogP contribution in [0.15, 0.2) is 0 Å². The molecule has 0 radical (unpaired) electrons. The molecule has 0 unspecified atom stereocenters. The number of aliphatic hydroxyl groups is 4. The molecule has 0 aromatic carbocycles. The maximum atomic E-state index is 11.6. The summed E-state index contributed by atoms with van der Waals surface area (Å²) in [5, 5.41) is 37.1. The van der Waals surface area contributed by atoms with Crippen molar-refractivity contribution in [3.05, 3.63) is 0 Å². The highest BCUT2D eigenvalue weighted by Crippen LogP contribution is 2.12. The number of rotatable bonds is 12.